The molecule has 11 heteroatoms. The summed E-state index contributed by atoms with van der Waals surface area (Å²) in [5.41, 5.74) is 4.38. The molecule has 8 nitrogen and oxygen atoms in total. The van der Waals surface area contributed by atoms with E-state index in [0.29, 0.717) is 24.1 Å². The lowest BCUT2D eigenvalue weighted by Crippen LogP contribution is -2.49. The lowest BCUT2D eigenvalue weighted by molar-refractivity contribution is 0.00847. The van der Waals surface area contributed by atoms with Crippen molar-refractivity contribution in [3.8, 4) is 22.6 Å². The molecule has 0 radical (unpaired) electrons. The maximum atomic E-state index is 16.2. The van der Waals surface area contributed by atoms with E-state index >= 15 is 8.78 Å². The van der Waals surface area contributed by atoms with E-state index in [1.165, 1.54) is 25.3 Å². The molecule has 5 rings (SSSR count). The number of carbonyl (C=O) groups is 1. The first-order chi connectivity index (χ1) is 20.5. The Morgan fingerprint density at radius 3 is 2.60 bits per heavy atom. The van der Waals surface area contributed by atoms with Gasteiger partial charge in [0, 0.05) is 54.6 Å². The Kier molecular flexibility index (Phi) is 8.94. The zero-order chi connectivity index (χ0) is 30.9. The highest BCUT2D eigenvalue weighted by atomic mass is 35.5. The molecule has 1 saturated carbocycles. The number of nitrogens with one attached hydrogen (secondary N) is 1. The minimum Gasteiger partial charge on any atom is -0.488 e. The molecule has 3 aromatic rings. The van der Waals surface area contributed by atoms with Crippen LogP contribution in [0.15, 0.2) is 42.6 Å². The van der Waals surface area contributed by atoms with Crippen LogP contribution in [0.25, 0.3) is 11.1 Å². The zero-order valence-electron chi connectivity index (χ0n) is 24.4. The van der Waals surface area contributed by atoms with Crippen LogP contribution >= 0.6 is 11.6 Å². The second-order valence-electron chi connectivity index (χ2n) is 11.5. The van der Waals surface area contributed by atoms with E-state index in [2.05, 4.69) is 10.3 Å². The first-order valence-corrected chi connectivity index (χ1v) is 14.7. The summed E-state index contributed by atoms with van der Waals surface area (Å²) in [5, 5.41) is 13.6. The number of carbonyl (C=O) groups excluding carboxylic acids is 1. The number of amides is 1. The van der Waals surface area contributed by atoms with Gasteiger partial charge in [-0.1, -0.05) is 24.6 Å². The number of halogens is 3. The number of methoxy groups -OCH3 is 1. The minimum absolute atomic E-state index is 0.0285. The summed E-state index contributed by atoms with van der Waals surface area (Å²) < 4.78 is 48.9. The Morgan fingerprint density at radius 1 is 1.21 bits per heavy atom. The number of pyridine rings is 1. The molecule has 0 saturated heterocycles. The molecule has 1 fully saturated rings. The fourth-order valence-corrected chi connectivity index (χ4v) is 6.40. The third kappa shape index (κ3) is 5.93. The molecule has 2 aliphatic rings. The number of aliphatic hydroxyl groups is 1. The summed E-state index contributed by atoms with van der Waals surface area (Å²) in [6.07, 6.45) is 4.48. The van der Waals surface area contributed by atoms with E-state index in [0.717, 1.165) is 12.8 Å². The number of fused-ring (bicyclic) bond motifs is 1. The molecule has 0 unspecified atom stereocenters. The molecule has 4 N–H and O–H groups in total. The summed E-state index contributed by atoms with van der Waals surface area (Å²) in [4.78, 5) is 17.2. The largest absolute Gasteiger partial charge is 0.488 e. The molecule has 2 aromatic carbocycles. The number of benzene rings is 2. The fourth-order valence-electron chi connectivity index (χ4n) is 6.15. The van der Waals surface area contributed by atoms with Crippen molar-refractivity contribution in [2.75, 3.05) is 26.9 Å². The monoisotopic (exact) mass is 615 g/mol. The number of primary amides is 1. The summed E-state index contributed by atoms with van der Waals surface area (Å²) >= 11 is 6.60. The highest BCUT2D eigenvalue weighted by Crippen LogP contribution is 2.56. The topological polar surface area (TPSA) is 116 Å². The Morgan fingerprint density at radius 2 is 1.95 bits per heavy atom. The quantitative estimate of drug-likeness (QED) is 0.259. The Labute approximate surface area is 254 Å². The van der Waals surface area contributed by atoms with E-state index in [-0.39, 0.29) is 59.0 Å². The molecule has 43 heavy (non-hydrogen) atoms. The molecule has 1 amide bonds. The molecule has 2 heterocycles. The average Bonchev–Trinajstić information content (AvgIpc) is 3.26. The Balaban J connectivity index is 1.63. The first kappa shape index (κ1) is 31.1. The van der Waals surface area contributed by atoms with Gasteiger partial charge in [0.25, 0.3) is 0 Å². The van der Waals surface area contributed by atoms with Crippen LogP contribution in [0.2, 0.25) is 5.02 Å². The standard InChI is InChI=1S/C32H36ClF2N3O5/c1-18-25-23(43-32(18,24-6-4-5-13-37-24)17-38-19-9-11-31(2,40)12-10-19)16-21(34)28(33)27(25)26-20(30(36)39)7-8-22(29(26)35)42-15-14-41-3/h4-8,13,16,18-19,38,40H,9-12,14-15,17H2,1-3H3,(H2,36,39)/t18-,19?,31?,32-/m0/s1. The van der Waals surface area contributed by atoms with Crippen LogP contribution < -0.4 is 20.5 Å². The second-order valence-corrected chi connectivity index (χ2v) is 11.9. The van der Waals surface area contributed by atoms with Gasteiger partial charge in [0.05, 0.1) is 28.5 Å². The molecule has 1 aliphatic heterocycles. The number of hydrogen-bond donors (Lipinski definition) is 3. The molecule has 1 aliphatic carbocycles. The van der Waals surface area contributed by atoms with Crippen LogP contribution in [0, 0.1) is 11.6 Å². The van der Waals surface area contributed by atoms with E-state index < -0.39 is 34.7 Å². The maximum absolute atomic E-state index is 16.2. The van der Waals surface area contributed by atoms with Gasteiger partial charge in [0.2, 0.25) is 5.91 Å². The number of rotatable bonds is 10. The van der Waals surface area contributed by atoms with Gasteiger partial charge in [-0.05, 0) is 56.9 Å². The van der Waals surface area contributed by atoms with Crippen LogP contribution in [0.3, 0.4) is 0 Å². The van der Waals surface area contributed by atoms with Crippen molar-refractivity contribution < 1.29 is 32.9 Å². The number of aromatic nitrogens is 1. The number of nitrogens with zero attached hydrogens (tertiary/aromatic N) is 1. The number of hydrogen-bond acceptors (Lipinski definition) is 7. The third-order valence-electron chi connectivity index (χ3n) is 8.63. The Hall–Kier alpha value is -3.31. The van der Waals surface area contributed by atoms with E-state index in [9.17, 15) is 9.90 Å². The van der Waals surface area contributed by atoms with Crippen molar-refractivity contribution in [2.45, 2.75) is 62.7 Å². The van der Waals surface area contributed by atoms with Crippen LogP contribution in [0.5, 0.6) is 11.5 Å². The lowest BCUT2D eigenvalue weighted by atomic mass is 9.78. The minimum atomic E-state index is -1.13. The van der Waals surface area contributed by atoms with Crippen LogP contribution in [-0.4, -0.2) is 54.5 Å². The van der Waals surface area contributed by atoms with Crippen LogP contribution in [0.4, 0.5) is 8.78 Å². The maximum Gasteiger partial charge on any atom is 0.249 e. The molecule has 2 atom stereocenters. The van der Waals surface area contributed by atoms with Gasteiger partial charge in [-0.2, -0.15) is 0 Å². The van der Waals surface area contributed by atoms with Crippen molar-refractivity contribution in [2.24, 2.45) is 5.73 Å². The summed E-state index contributed by atoms with van der Waals surface area (Å²) in [6, 6.07) is 9.37. The summed E-state index contributed by atoms with van der Waals surface area (Å²) in [6.45, 7) is 4.26. The average molecular weight is 616 g/mol. The predicted octanol–water partition coefficient (Wildman–Crippen LogP) is 5.48. The zero-order valence-corrected chi connectivity index (χ0v) is 25.1. The molecular weight excluding hydrogens is 580 g/mol. The molecule has 0 spiro atoms. The lowest BCUT2D eigenvalue weighted by Gasteiger charge is -2.38. The smallest absolute Gasteiger partial charge is 0.249 e. The number of ether oxygens (including phenoxy) is 3. The first-order valence-electron chi connectivity index (χ1n) is 14.3. The second kappa shape index (κ2) is 12.4. The van der Waals surface area contributed by atoms with E-state index in [1.807, 2.05) is 26.0 Å². The van der Waals surface area contributed by atoms with Gasteiger partial charge in [0.15, 0.2) is 17.2 Å². The molecule has 0 bridgehead atoms. The third-order valence-corrected chi connectivity index (χ3v) is 9.00. The summed E-state index contributed by atoms with van der Waals surface area (Å²) in [7, 11) is 1.49. The van der Waals surface area contributed by atoms with E-state index in [4.69, 9.17) is 31.5 Å². The normalized spacial score (nSPS) is 24.8. The summed E-state index contributed by atoms with van der Waals surface area (Å²) in [5.74, 6) is -3.21. The fraction of sp³-hybridized carbons (Fsp3) is 0.438. The van der Waals surface area contributed by atoms with Gasteiger partial charge < -0.3 is 30.4 Å². The molecular formula is C32H36ClF2N3O5. The van der Waals surface area contributed by atoms with Gasteiger partial charge in [-0.15, -0.1) is 0 Å². The van der Waals surface area contributed by atoms with Crippen molar-refractivity contribution >= 4 is 17.5 Å². The van der Waals surface area contributed by atoms with Crippen molar-refractivity contribution in [3.05, 3.63) is 76.1 Å². The van der Waals surface area contributed by atoms with Crippen molar-refractivity contribution in [3.63, 3.8) is 0 Å². The Bertz CT molecular complexity index is 1500. The van der Waals surface area contributed by atoms with Crippen molar-refractivity contribution in [1.82, 2.24) is 10.3 Å². The predicted molar refractivity (Wildman–Crippen MR) is 159 cm³/mol. The van der Waals surface area contributed by atoms with Gasteiger partial charge >= 0.3 is 0 Å². The van der Waals surface area contributed by atoms with Crippen molar-refractivity contribution in [1.29, 1.82) is 0 Å². The van der Waals surface area contributed by atoms with Gasteiger partial charge in [-0.25, -0.2) is 8.78 Å². The molecule has 1 aromatic heterocycles. The van der Waals surface area contributed by atoms with Crippen LogP contribution in [-0.2, 0) is 10.3 Å². The van der Waals surface area contributed by atoms with E-state index in [1.54, 1.807) is 12.3 Å². The van der Waals surface area contributed by atoms with Crippen LogP contribution in [0.1, 0.15) is 67.1 Å². The highest BCUT2D eigenvalue weighted by Gasteiger charge is 2.51. The number of nitrogens with two attached hydrogens (primary N) is 1. The molecule has 230 valence electrons. The SMILES string of the molecule is COCCOc1ccc(C(N)=O)c(-c2c(Cl)c(F)cc3c2[C@H](C)[C@@](CNC2CCC(C)(O)CC2)(c2ccccn2)O3)c1F. The van der Waals surface area contributed by atoms with Gasteiger partial charge in [0.1, 0.15) is 18.2 Å². The van der Waals surface area contributed by atoms with Gasteiger partial charge in [-0.3, -0.25) is 9.78 Å². The highest BCUT2D eigenvalue weighted by molar-refractivity contribution is 6.34.